The van der Waals surface area contributed by atoms with Gasteiger partial charge in [-0.2, -0.15) is 0 Å². The van der Waals surface area contributed by atoms with E-state index in [1.165, 1.54) is 18.2 Å². The standard InChI is InChI=1S/C23H44N2O5S/c1-7-8-14-9-10-15(24-12-11-14)21(29)25-16(13(2)3)20-18(27)17(26)19(28)22(30-20)31-23(4,5)6/h13-20,22,24,26-28H,7-12H2,1-6H3,(H,25,29). The van der Waals surface area contributed by atoms with Gasteiger partial charge in [-0.15, -0.1) is 11.8 Å². The number of nitrogens with one attached hydrogen (secondary N) is 2. The summed E-state index contributed by atoms with van der Waals surface area (Å²) in [6, 6.07) is -0.747. The Hall–Kier alpha value is -0.380. The van der Waals surface area contributed by atoms with Crippen molar-refractivity contribution in [1.29, 1.82) is 0 Å². The number of carbonyl (C=O) groups is 1. The van der Waals surface area contributed by atoms with Crippen LogP contribution in [0.4, 0.5) is 0 Å². The van der Waals surface area contributed by atoms with Crippen molar-refractivity contribution in [2.75, 3.05) is 6.54 Å². The zero-order chi connectivity index (χ0) is 23.3. The van der Waals surface area contributed by atoms with E-state index in [9.17, 15) is 20.1 Å². The molecule has 31 heavy (non-hydrogen) atoms. The average Bonchev–Trinajstić information content (AvgIpc) is 2.91. The zero-order valence-electron chi connectivity index (χ0n) is 20.0. The SMILES string of the molecule is CCCC1CCNC(C(=O)NC(C(C)C)C2OC(SC(C)(C)C)C(O)C(O)C2O)CC1. The largest absolute Gasteiger partial charge is 0.388 e. The van der Waals surface area contributed by atoms with Crippen molar-refractivity contribution < 1.29 is 24.9 Å². The zero-order valence-corrected chi connectivity index (χ0v) is 20.8. The van der Waals surface area contributed by atoms with Crippen LogP contribution in [0.1, 0.15) is 73.6 Å². The van der Waals surface area contributed by atoms with E-state index in [0.29, 0.717) is 5.92 Å². The molecule has 0 spiro atoms. The molecule has 2 rings (SSSR count). The van der Waals surface area contributed by atoms with Gasteiger partial charge in [0.25, 0.3) is 0 Å². The lowest BCUT2D eigenvalue weighted by Gasteiger charge is -2.46. The summed E-state index contributed by atoms with van der Waals surface area (Å²) >= 11 is 1.41. The third-order valence-electron chi connectivity index (χ3n) is 6.28. The van der Waals surface area contributed by atoms with E-state index in [1.54, 1.807) is 0 Å². The summed E-state index contributed by atoms with van der Waals surface area (Å²) < 4.78 is 5.91. The Kier molecular flexibility index (Phi) is 10.1. The van der Waals surface area contributed by atoms with E-state index < -0.39 is 35.9 Å². The smallest absolute Gasteiger partial charge is 0.237 e. The summed E-state index contributed by atoms with van der Waals surface area (Å²) in [5.74, 6) is 0.545. The van der Waals surface area contributed by atoms with E-state index in [4.69, 9.17) is 4.74 Å². The van der Waals surface area contributed by atoms with Gasteiger partial charge in [0.1, 0.15) is 29.9 Å². The molecule has 0 aromatic heterocycles. The molecule has 2 fully saturated rings. The normalized spacial score (nSPS) is 36.1. The lowest BCUT2D eigenvalue weighted by Crippen LogP contribution is -2.65. The number of carbonyl (C=O) groups excluding carboxylic acids is 1. The van der Waals surface area contributed by atoms with Crippen LogP contribution in [0, 0.1) is 11.8 Å². The highest BCUT2D eigenvalue weighted by Crippen LogP contribution is 2.37. The molecule has 2 saturated heterocycles. The minimum atomic E-state index is -1.33. The maximum Gasteiger partial charge on any atom is 0.237 e. The first kappa shape index (κ1) is 26.9. The molecule has 1 amide bonds. The third kappa shape index (κ3) is 7.57. The number of thioether (sulfide) groups is 1. The monoisotopic (exact) mass is 460 g/mol. The second kappa shape index (κ2) is 11.7. The molecule has 0 radical (unpaired) electrons. The quantitative estimate of drug-likeness (QED) is 0.395. The molecule has 7 nitrogen and oxygen atoms in total. The minimum absolute atomic E-state index is 0.0232. The first-order chi connectivity index (χ1) is 14.4. The number of hydrogen-bond acceptors (Lipinski definition) is 7. The van der Waals surface area contributed by atoms with Crippen molar-refractivity contribution in [2.45, 2.75) is 120 Å². The molecule has 8 atom stereocenters. The molecular weight excluding hydrogens is 416 g/mol. The van der Waals surface area contributed by atoms with Crippen molar-refractivity contribution in [2.24, 2.45) is 11.8 Å². The van der Waals surface area contributed by atoms with Crippen molar-refractivity contribution in [3.63, 3.8) is 0 Å². The molecule has 0 aliphatic carbocycles. The fourth-order valence-electron chi connectivity index (χ4n) is 4.54. The van der Waals surface area contributed by atoms with E-state index in [2.05, 4.69) is 17.6 Å². The fourth-order valence-corrected chi connectivity index (χ4v) is 5.72. The summed E-state index contributed by atoms with van der Waals surface area (Å²) in [6.45, 7) is 13.0. The molecule has 0 aromatic rings. The lowest BCUT2D eigenvalue weighted by molar-refractivity contribution is -0.208. The second-order valence-electron chi connectivity index (χ2n) is 10.5. The van der Waals surface area contributed by atoms with Gasteiger partial charge in [-0.05, 0) is 37.6 Å². The lowest BCUT2D eigenvalue weighted by atomic mass is 9.88. The highest BCUT2D eigenvalue weighted by molar-refractivity contribution is 8.01. The molecular formula is C23H44N2O5S. The predicted octanol–water partition coefficient (Wildman–Crippen LogP) is 2.02. The molecule has 2 heterocycles. The third-order valence-corrected chi connectivity index (χ3v) is 7.61. The topological polar surface area (TPSA) is 111 Å². The van der Waals surface area contributed by atoms with Crippen molar-refractivity contribution in [3.8, 4) is 0 Å². The van der Waals surface area contributed by atoms with Crippen LogP contribution in [0.5, 0.6) is 0 Å². The average molecular weight is 461 g/mol. The van der Waals surface area contributed by atoms with Gasteiger partial charge in [0.2, 0.25) is 5.91 Å². The summed E-state index contributed by atoms with van der Waals surface area (Å²) in [4.78, 5) is 13.1. The number of rotatable bonds is 7. The van der Waals surface area contributed by atoms with Crippen LogP contribution in [0.25, 0.3) is 0 Å². The number of ether oxygens (including phenoxy) is 1. The molecule has 2 aliphatic rings. The molecule has 0 aromatic carbocycles. The number of aliphatic hydroxyl groups excluding tert-OH is 3. The number of hydrogen-bond donors (Lipinski definition) is 5. The van der Waals surface area contributed by atoms with Crippen molar-refractivity contribution >= 4 is 17.7 Å². The Morgan fingerprint density at radius 2 is 1.81 bits per heavy atom. The Bertz CT molecular complexity index is 571. The molecule has 0 saturated carbocycles. The maximum absolute atomic E-state index is 13.1. The Morgan fingerprint density at radius 3 is 2.39 bits per heavy atom. The van der Waals surface area contributed by atoms with E-state index >= 15 is 0 Å². The predicted molar refractivity (Wildman–Crippen MR) is 125 cm³/mol. The van der Waals surface area contributed by atoms with Crippen LogP contribution in [0.15, 0.2) is 0 Å². The van der Waals surface area contributed by atoms with Crippen LogP contribution in [0.2, 0.25) is 0 Å². The van der Waals surface area contributed by atoms with Crippen molar-refractivity contribution in [3.05, 3.63) is 0 Å². The maximum atomic E-state index is 13.1. The number of amides is 1. The highest BCUT2D eigenvalue weighted by Gasteiger charge is 2.48. The molecule has 2 aliphatic heterocycles. The second-order valence-corrected chi connectivity index (χ2v) is 12.4. The van der Waals surface area contributed by atoms with Crippen LogP contribution >= 0.6 is 11.8 Å². The Balaban J connectivity index is 2.10. The van der Waals surface area contributed by atoms with Gasteiger partial charge >= 0.3 is 0 Å². The highest BCUT2D eigenvalue weighted by atomic mass is 32.2. The summed E-state index contributed by atoms with van der Waals surface area (Å²) in [7, 11) is 0. The van der Waals surface area contributed by atoms with Crippen LogP contribution < -0.4 is 10.6 Å². The van der Waals surface area contributed by atoms with Gasteiger partial charge in [-0.25, -0.2) is 0 Å². The first-order valence-corrected chi connectivity index (χ1v) is 12.7. The first-order valence-electron chi connectivity index (χ1n) is 11.9. The molecule has 8 unspecified atom stereocenters. The summed E-state index contributed by atoms with van der Waals surface area (Å²) in [5.41, 5.74) is -0.688. The fraction of sp³-hybridized carbons (Fsp3) is 0.957. The van der Waals surface area contributed by atoms with Crippen LogP contribution in [-0.2, 0) is 9.53 Å². The van der Waals surface area contributed by atoms with Crippen LogP contribution in [0.3, 0.4) is 0 Å². The molecule has 5 N–H and O–H groups in total. The van der Waals surface area contributed by atoms with E-state index in [0.717, 1.165) is 32.2 Å². The van der Waals surface area contributed by atoms with Crippen molar-refractivity contribution in [1.82, 2.24) is 10.6 Å². The van der Waals surface area contributed by atoms with Gasteiger partial charge in [-0.3, -0.25) is 4.79 Å². The summed E-state index contributed by atoms with van der Waals surface area (Å²) in [6.07, 6.45) is 0.653. The Morgan fingerprint density at radius 1 is 1.13 bits per heavy atom. The van der Waals surface area contributed by atoms with E-state index in [-0.39, 0.29) is 22.6 Å². The van der Waals surface area contributed by atoms with Crippen LogP contribution in [-0.4, -0.2) is 74.5 Å². The molecule has 8 heteroatoms. The Labute approximate surface area is 192 Å². The molecule has 182 valence electrons. The van der Waals surface area contributed by atoms with Gasteiger partial charge in [0, 0.05) is 4.75 Å². The minimum Gasteiger partial charge on any atom is -0.388 e. The van der Waals surface area contributed by atoms with Gasteiger partial charge in [-0.1, -0.05) is 54.4 Å². The van der Waals surface area contributed by atoms with E-state index in [1.807, 2.05) is 34.6 Å². The van der Waals surface area contributed by atoms with Gasteiger partial charge in [0.05, 0.1) is 12.1 Å². The molecule has 0 bridgehead atoms. The van der Waals surface area contributed by atoms with Gasteiger partial charge < -0.3 is 30.7 Å². The summed E-state index contributed by atoms with van der Waals surface area (Å²) in [5, 5.41) is 38.1. The van der Waals surface area contributed by atoms with Gasteiger partial charge in [0.15, 0.2) is 0 Å². The number of aliphatic hydroxyl groups is 3.